The van der Waals surface area contributed by atoms with E-state index in [0.29, 0.717) is 17.5 Å². The van der Waals surface area contributed by atoms with Gasteiger partial charge in [-0.2, -0.15) is 4.31 Å². The van der Waals surface area contributed by atoms with Gasteiger partial charge in [0.2, 0.25) is 10.0 Å². The Morgan fingerprint density at radius 2 is 1.69 bits per heavy atom. The Hall–Kier alpha value is -3.25. The van der Waals surface area contributed by atoms with Crippen LogP contribution in [0.15, 0.2) is 71.6 Å². The van der Waals surface area contributed by atoms with Gasteiger partial charge >= 0.3 is 0 Å². The number of hydrogen-bond acceptors (Lipinski definition) is 4. The molecule has 0 saturated carbocycles. The predicted octanol–water partition coefficient (Wildman–Crippen LogP) is 3.93. The van der Waals surface area contributed by atoms with Crippen LogP contribution in [-0.2, 0) is 10.0 Å². The minimum Gasteiger partial charge on any atom is -0.394 e. The molecule has 0 bridgehead atoms. The molecular weight excluding hydrogens is 470 g/mol. The molecule has 3 atom stereocenters. The van der Waals surface area contributed by atoms with Gasteiger partial charge in [0, 0.05) is 36.3 Å². The number of rotatable bonds is 3. The lowest BCUT2D eigenvalue weighted by Gasteiger charge is -2.44. The Labute approximate surface area is 203 Å². The largest absolute Gasteiger partial charge is 0.394 e. The molecule has 0 unspecified atom stereocenters. The molecule has 1 N–H and O–H groups in total. The molecule has 1 fully saturated rings. The summed E-state index contributed by atoms with van der Waals surface area (Å²) in [4.78, 5) is 1.63. The first-order valence-corrected chi connectivity index (χ1v) is 12.8. The van der Waals surface area contributed by atoms with E-state index in [1.165, 1.54) is 34.6 Å². The van der Waals surface area contributed by atoms with Crippen LogP contribution in [0.3, 0.4) is 0 Å². The predicted molar refractivity (Wildman–Crippen MR) is 129 cm³/mol. The van der Waals surface area contributed by atoms with Crippen LogP contribution in [0.25, 0.3) is 0 Å². The summed E-state index contributed by atoms with van der Waals surface area (Å²) in [6, 6.07) is 16.0. The Balaban J connectivity index is 1.59. The average molecular weight is 495 g/mol. The van der Waals surface area contributed by atoms with Gasteiger partial charge in [0.25, 0.3) is 0 Å². The molecule has 2 aliphatic rings. The van der Waals surface area contributed by atoms with E-state index < -0.39 is 21.9 Å². The van der Waals surface area contributed by atoms with Crippen molar-refractivity contribution in [1.29, 1.82) is 0 Å². The highest BCUT2D eigenvalue weighted by Gasteiger charge is 2.50. The number of likely N-dealkylation sites (N-methyl/N-ethyl adjacent to an activating group) is 1. The van der Waals surface area contributed by atoms with Crippen molar-refractivity contribution in [3.63, 3.8) is 0 Å². The highest BCUT2D eigenvalue weighted by molar-refractivity contribution is 7.89. The lowest BCUT2D eigenvalue weighted by atomic mass is 9.82. The second kappa shape index (κ2) is 9.08. The van der Waals surface area contributed by atoms with Gasteiger partial charge in [-0.05, 0) is 66.6 Å². The first-order valence-electron chi connectivity index (χ1n) is 11.3. The zero-order chi connectivity index (χ0) is 24.7. The summed E-state index contributed by atoms with van der Waals surface area (Å²) < 4.78 is 56.2. The van der Waals surface area contributed by atoms with Gasteiger partial charge in [0.1, 0.15) is 16.5 Å². The van der Waals surface area contributed by atoms with Crippen LogP contribution in [0, 0.1) is 29.4 Å². The van der Waals surface area contributed by atoms with E-state index in [2.05, 4.69) is 11.8 Å². The van der Waals surface area contributed by atoms with E-state index in [1.807, 2.05) is 30.1 Å². The SMILES string of the molecule is CN1c2ccc(C#Cc3ccc(F)cc3)cc2[C@H]2[C@H](CCN2S(=O)(=O)c2ccccc2F)[C@@H]1CO. The van der Waals surface area contributed by atoms with E-state index in [0.717, 1.165) is 17.3 Å². The normalized spacial score (nSPS) is 21.7. The number of aliphatic hydroxyl groups is 1. The maximum Gasteiger partial charge on any atom is 0.246 e. The zero-order valence-electron chi connectivity index (χ0n) is 19.0. The number of halogens is 2. The number of sulfonamides is 1. The number of fused-ring (bicyclic) bond motifs is 3. The highest BCUT2D eigenvalue weighted by Crippen LogP contribution is 2.50. The molecule has 2 heterocycles. The molecule has 3 aromatic rings. The van der Waals surface area contributed by atoms with Crippen LogP contribution >= 0.6 is 0 Å². The molecule has 5 nitrogen and oxygen atoms in total. The molecule has 35 heavy (non-hydrogen) atoms. The van der Waals surface area contributed by atoms with Crippen molar-refractivity contribution in [2.45, 2.75) is 23.4 Å². The van der Waals surface area contributed by atoms with E-state index in [1.54, 1.807) is 12.1 Å². The molecule has 8 heteroatoms. The quantitative estimate of drug-likeness (QED) is 0.561. The number of aliphatic hydroxyl groups excluding tert-OH is 1. The summed E-state index contributed by atoms with van der Waals surface area (Å²) in [6.07, 6.45) is 0.541. The molecule has 5 rings (SSSR count). The van der Waals surface area contributed by atoms with Gasteiger partial charge in [-0.15, -0.1) is 0 Å². The second-order valence-electron chi connectivity index (χ2n) is 8.83. The van der Waals surface area contributed by atoms with Gasteiger partial charge in [0.15, 0.2) is 0 Å². The third-order valence-electron chi connectivity index (χ3n) is 6.92. The fourth-order valence-corrected chi connectivity index (χ4v) is 6.95. The third kappa shape index (κ3) is 4.10. The summed E-state index contributed by atoms with van der Waals surface area (Å²) in [5.74, 6) is 4.79. The van der Waals surface area contributed by atoms with E-state index >= 15 is 0 Å². The summed E-state index contributed by atoms with van der Waals surface area (Å²) in [5, 5.41) is 10.2. The summed E-state index contributed by atoms with van der Waals surface area (Å²) in [7, 11) is -2.23. The maximum atomic E-state index is 14.5. The molecular formula is C27H24F2N2O3S. The van der Waals surface area contributed by atoms with Gasteiger partial charge in [-0.3, -0.25) is 0 Å². The summed E-state index contributed by atoms with van der Waals surface area (Å²) in [6.45, 7) is 0.0953. The smallest absolute Gasteiger partial charge is 0.246 e. The van der Waals surface area contributed by atoms with Crippen LogP contribution in [0.2, 0.25) is 0 Å². The standard InChI is InChI=1S/C27H24F2N2O3S/c1-30-24-13-10-19(7-6-18-8-11-20(28)12-9-18)16-22(24)27-21(25(30)17-32)14-15-31(27)35(33,34)26-5-3-2-4-23(26)29/h2-5,8-13,16,21,25,27,32H,14-15,17H2,1H3/t21-,25+,27-/m1/s1. The van der Waals surface area contributed by atoms with E-state index in [9.17, 15) is 22.3 Å². The van der Waals surface area contributed by atoms with Crippen LogP contribution in [0.1, 0.15) is 29.2 Å². The minimum atomic E-state index is -4.12. The van der Waals surface area contributed by atoms with Crippen molar-refractivity contribution in [2.24, 2.45) is 5.92 Å². The number of anilines is 1. The first kappa shape index (κ1) is 23.5. The van der Waals surface area contributed by atoms with Gasteiger partial charge in [-0.25, -0.2) is 17.2 Å². The van der Waals surface area contributed by atoms with Crippen LogP contribution in [0.4, 0.5) is 14.5 Å². The summed E-state index contributed by atoms with van der Waals surface area (Å²) in [5.41, 5.74) is 2.90. The highest BCUT2D eigenvalue weighted by atomic mass is 32.2. The van der Waals surface area contributed by atoms with E-state index in [-0.39, 0.29) is 35.8 Å². The Morgan fingerprint density at radius 1 is 1.00 bits per heavy atom. The fourth-order valence-electron chi connectivity index (χ4n) is 5.22. The molecule has 0 aliphatic carbocycles. The van der Waals surface area contributed by atoms with E-state index in [4.69, 9.17) is 0 Å². The van der Waals surface area contributed by atoms with Crippen molar-refractivity contribution in [2.75, 3.05) is 25.1 Å². The monoisotopic (exact) mass is 494 g/mol. The lowest BCUT2D eigenvalue weighted by Crippen LogP contribution is -2.48. The molecule has 0 amide bonds. The molecule has 0 spiro atoms. The topological polar surface area (TPSA) is 60.9 Å². The second-order valence-corrected chi connectivity index (χ2v) is 10.7. The van der Waals surface area contributed by atoms with Crippen molar-refractivity contribution in [3.8, 4) is 11.8 Å². The third-order valence-corrected chi connectivity index (χ3v) is 8.84. The Morgan fingerprint density at radius 3 is 2.40 bits per heavy atom. The Kier molecular flexibility index (Phi) is 6.09. The van der Waals surface area contributed by atoms with Crippen molar-refractivity contribution in [1.82, 2.24) is 4.31 Å². The molecule has 180 valence electrons. The van der Waals surface area contributed by atoms with Gasteiger partial charge in [0.05, 0.1) is 18.7 Å². The van der Waals surface area contributed by atoms with Gasteiger partial charge < -0.3 is 10.0 Å². The number of benzene rings is 3. The fraction of sp³-hybridized carbons (Fsp3) is 0.259. The number of nitrogens with zero attached hydrogens (tertiary/aromatic N) is 2. The van der Waals surface area contributed by atoms with Crippen LogP contribution in [0.5, 0.6) is 0 Å². The summed E-state index contributed by atoms with van der Waals surface area (Å²) >= 11 is 0. The number of hydrogen-bond donors (Lipinski definition) is 1. The maximum absolute atomic E-state index is 14.5. The van der Waals surface area contributed by atoms with Crippen LogP contribution in [-0.4, -0.2) is 44.1 Å². The lowest BCUT2D eigenvalue weighted by molar-refractivity contribution is 0.193. The minimum absolute atomic E-state index is 0.128. The Bertz CT molecular complexity index is 1430. The molecule has 2 aliphatic heterocycles. The molecule has 0 aromatic heterocycles. The van der Waals surface area contributed by atoms with Crippen molar-refractivity contribution >= 4 is 15.7 Å². The first-order chi connectivity index (χ1) is 16.8. The molecule has 0 radical (unpaired) electrons. The van der Waals surface area contributed by atoms with Crippen LogP contribution < -0.4 is 4.90 Å². The van der Waals surface area contributed by atoms with Gasteiger partial charge in [-0.1, -0.05) is 24.0 Å². The van der Waals surface area contributed by atoms with Crippen molar-refractivity contribution < 1.29 is 22.3 Å². The zero-order valence-corrected chi connectivity index (χ0v) is 19.8. The molecule has 1 saturated heterocycles. The van der Waals surface area contributed by atoms with Crippen molar-refractivity contribution in [3.05, 3.63) is 95.1 Å². The average Bonchev–Trinajstić information content (AvgIpc) is 3.30. The molecule has 3 aromatic carbocycles.